The fourth-order valence-corrected chi connectivity index (χ4v) is 1.43. The van der Waals surface area contributed by atoms with Gasteiger partial charge in [-0.05, 0) is 12.1 Å². The fourth-order valence-electron chi connectivity index (χ4n) is 1.27. The Hall–Kier alpha value is -1.42. The van der Waals surface area contributed by atoms with E-state index >= 15 is 0 Å². The van der Waals surface area contributed by atoms with Crippen LogP contribution in [0.5, 0.6) is 5.75 Å². The summed E-state index contributed by atoms with van der Waals surface area (Å²) < 4.78 is 5.34. The molecule has 0 spiro atoms. The third-order valence-corrected chi connectivity index (χ3v) is 2.23. The molecule has 4 heteroatoms. The predicted octanol–water partition coefficient (Wildman–Crippen LogP) is 1.93. The molecule has 1 aromatic heterocycles. The van der Waals surface area contributed by atoms with Gasteiger partial charge in [-0.1, -0.05) is 0 Å². The van der Waals surface area contributed by atoms with Gasteiger partial charge in [-0.2, -0.15) is 12.6 Å². The quantitative estimate of drug-likeness (QED) is 0.704. The van der Waals surface area contributed by atoms with E-state index in [0.29, 0.717) is 22.5 Å². The van der Waals surface area contributed by atoms with Crippen molar-refractivity contribution in [2.24, 2.45) is 0 Å². The molecule has 2 rings (SSSR count). The van der Waals surface area contributed by atoms with Gasteiger partial charge in [0.25, 0.3) is 0 Å². The van der Waals surface area contributed by atoms with E-state index in [0.717, 1.165) is 0 Å². The highest BCUT2D eigenvalue weighted by atomic mass is 32.1. The number of phenolic OH excluding ortho intramolecular Hbond substituents is 1. The first-order valence-electron chi connectivity index (χ1n) is 4.07. The van der Waals surface area contributed by atoms with Gasteiger partial charge in [0.05, 0.1) is 5.39 Å². The summed E-state index contributed by atoms with van der Waals surface area (Å²) in [5.74, 6) is 0.939. The summed E-state index contributed by atoms with van der Waals surface area (Å²) in [5.41, 5.74) is 0.275. The van der Waals surface area contributed by atoms with E-state index in [1.807, 2.05) is 0 Å². The summed E-state index contributed by atoms with van der Waals surface area (Å²) >= 11 is 4.01. The van der Waals surface area contributed by atoms with Crippen LogP contribution in [0.1, 0.15) is 5.76 Å². The van der Waals surface area contributed by atoms with Crippen molar-refractivity contribution in [1.82, 2.24) is 0 Å². The van der Waals surface area contributed by atoms with E-state index in [1.54, 1.807) is 6.07 Å². The molecule has 3 nitrogen and oxygen atoms in total. The zero-order valence-corrected chi connectivity index (χ0v) is 8.12. The minimum Gasteiger partial charge on any atom is -0.508 e. The third kappa shape index (κ3) is 1.48. The first-order valence-corrected chi connectivity index (χ1v) is 4.70. The van der Waals surface area contributed by atoms with Crippen molar-refractivity contribution in [1.29, 1.82) is 0 Å². The molecule has 0 bridgehead atoms. The van der Waals surface area contributed by atoms with Crippen LogP contribution in [0.3, 0.4) is 0 Å². The Bertz CT molecular complexity index is 530. The molecule has 1 aromatic carbocycles. The maximum Gasteiger partial charge on any atom is 0.192 e. The normalized spacial score (nSPS) is 10.6. The number of fused-ring (bicyclic) bond motifs is 1. The molecule has 0 aliphatic rings. The van der Waals surface area contributed by atoms with E-state index in [9.17, 15) is 9.90 Å². The minimum atomic E-state index is -0.115. The number of rotatable bonds is 1. The second-order valence-electron chi connectivity index (χ2n) is 2.92. The van der Waals surface area contributed by atoms with Gasteiger partial charge in [0, 0.05) is 17.9 Å². The molecule has 2 aromatic rings. The number of phenols is 1. The first-order chi connectivity index (χ1) is 6.70. The molecular weight excluding hydrogens is 200 g/mol. The molecule has 0 unspecified atom stereocenters. The Morgan fingerprint density at radius 3 is 2.86 bits per heavy atom. The van der Waals surface area contributed by atoms with Crippen molar-refractivity contribution in [3.8, 4) is 5.75 Å². The Morgan fingerprint density at radius 2 is 2.14 bits per heavy atom. The number of hydrogen-bond acceptors (Lipinski definition) is 4. The van der Waals surface area contributed by atoms with Crippen molar-refractivity contribution in [2.75, 3.05) is 0 Å². The van der Waals surface area contributed by atoms with Crippen molar-refractivity contribution < 1.29 is 9.52 Å². The van der Waals surface area contributed by atoms with Gasteiger partial charge < -0.3 is 9.52 Å². The maximum atomic E-state index is 11.5. The molecule has 0 radical (unpaired) electrons. The van der Waals surface area contributed by atoms with Crippen LogP contribution in [0.25, 0.3) is 11.0 Å². The van der Waals surface area contributed by atoms with E-state index in [2.05, 4.69) is 12.6 Å². The Morgan fingerprint density at radius 1 is 1.36 bits per heavy atom. The summed E-state index contributed by atoms with van der Waals surface area (Å²) in [5, 5.41) is 9.67. The third-order valence-electron chi connectivity index (χ3n) is 1.92. The molecule has 0 aliphatic carbocycles. The highest BCUT2D eigenvalue weighted by Crippen LogP contribution is 2.18. The minimum absolute atomic E-state index is 0.0805. The van der Waals surface area contributed by atoms with E-state index in [-0.39, 0.29) is 11.2 Å². The molecule has 0 amide bonds. The predicted molar refractivity (Wildman–Crippen MR) is 56.8 cm³/mol. The van der Waals surface area contributed by atoms with Gasteiger partial charge >= 0.3 is 0 Å². The lowest BCUT2D eigenvalue weighted by atomic mass is 10.2. The fraction of sp³-hybridized carbons (Fsp3) is 0.100. The van der Waals surface area contributed by atoms with Crippen LogP contribution < -0.4 is 5.43 Å². The molecule has 0 saturated carbocycles. The number of hydrogen-bond donors (Lipinski definition) is 2. The molecule has 0 aliphatic heterocycles. The maximum absolute atomic E-state index is 11.5. The topological polar surface area (TPSA) is 50.4 Å². The lowest BCUT2D eigenvalue weighted by molar-refractivity contribution is 0.473. The average molecular weight is 208 g/mol. The van der Waals surface area contributed by atoms with Gasteiger partial charge in [0.1, 0.15) is 17.1 Å². The molecular formula is C10H8O3S. The first kappa shape index (κ1) is 9.15. The van der Waals surface area contributed by atoms with Gasteiger partial charge in [-0.15, -0.1) is 0 Å². The zero-order chi connectivity index (χ0) is 10.1. The van der Waals surface area contributed by atoms with Crippen LogP contribution in [-0.2, 0) is 5.75 Å². The standard InChI is InChI=1S/C10H8O3S/c11-6-1-2-8-9(12)4-7(5-14)13-10(8)3-6/h1-4,11,14H,5H2. The van der Waals surface area contributed by atoms with E-state index in [1.165, 1.54) is 18.2 Å². The number of thiol groups is 1. The van der Waals surface area contributed by atoms with Crippen LogP contribution in [0, 0.1) is 0 Å². The molecule has 0 atom stereocenters. The van der Waals surface area contributed by atoms with Gasteiger partial charge in [0.15, 0.2) is 5.43 Å². The molecule has 14 heavy (non-hydrogen) atoms. The van der Waals surface area contributed by atoms with E-state index in [4.69, 9.17) is 4.42 Å². The summed E-state index contributed by atoms with van der Waals surface area (Å²) in [6.07, 6.45) is 0. The Labute approximate surface area is 85.4 Å². The van der Waals surface area contributed by atoms with Crippen LogP contribution in [0.4, 0.5) is 0 Å². The number of aromatic hydroxyl groups is 1. The highest BCUT2D eigenvalue weighted by molar-refractivity contribution is 7.79. The second kappa shape index (κ2) is 3.38. The van der Waals surface area contributed by atoms with Crippen molar-refractivity contribution >= 4 is 23.6 Å². The molecule has 1 N–H and O–H groups in total. The van der Waals surface area contributed by atoms with Gasteiger partial charge in [-0.25, -0.2) is 0 Å². The second-order valence-corrected chi connectivity index (χ2v) is 3.23. The van der Waals surface area contributed by atoms with Gasteiger partial charge in [-0.3, -0.25) is 4.79 Å². The zero-order valence-electron chi connectivity index (χ0n) is 7.23. The highest BCUT2D eigenvalue weighted by Gasteiger charge is 2.03. The lowest BCUT2D eigenvalue weighted by Crippen LogP contribution is -2.00. The average Bonchev–Trinajstić information content (AvgIpc) is 2.16. The molecule has 0 saturated heterocycles. The van der Waals surface area contributed by atoms with Crippen molar-refractivity contribution in [3.63, 3.8) is 0 Å². The van der Waals surface area contributed by atoms with Gasteiger partial charge in [0.2, 0.25) is 0 Å². The van der Waals surface area contributed by atoms with E-state index < -0.39 is 0 Å². The lowest BCUT2D eigenvalue weighted by Gasteiger charge is -2.00. The summed E-state index contributed by atoms with van der Waals surface area (Å²) in [6.45, 7) is 0. The Balaban J connectivity index is 2.84. The summed E-state index contributed by atoms with van der Waals surface area (Å²) in [4.78, 5) is 11.5. The van der Waals surface area contributed by atoms with Crippen molar-refractivity contribution in [3.05, 3.63) is 40.2 Å². The van der Waals surface area contributed by atoms with Crippen LogP contribution in [0.15, 0.2) is 33.5 Å². The van der Waals surface area contributed by atoms with Crippen LogP contribution in [-0.4, -0.2) is 5.11 Å². The number of benzene rings is 1. The SMILES string of the molecule is O=c1cc(CS)oc2cc(O)ccc12. The molecule has 0 fully saturated rings. The van der Waals surface area contributed by atoms with Crippen LogP contribution in [0.2, 0.25) is 0 Å². The summed E-state index contributed by atoms with van der Waals surface area (Å²) in [7, 11) is 0. The largest absolute Gasteiger partial charge is 0.508 e. The Kier molecular flexibility index (Phi) is 2.21. The summed E-state index contributed by atoms with van der Waals surface area (Å²) in [6, 6.07) is 5.83. The smallest absolute Gasteiger partial charge is 0.192 e. The molecule has 1 heterocycles. The molecule has 72 valence electrons. The monoisotopic (exact) mass is 208 g/mol. The van der Waals surface area contributed by atoms with Crippen LogP contribution >= 0.6 is 12.6 Å². The van der Waals surface area contributed by atoms with Crippen molar-refractivity contribution in [2.45, 2.75) is 5.75 Å².